The zero-order chi connectivity index (χ0) is 22.7. The van der Waals surface area contributed by atoms with E-state index in [9.17, 15) is 9.59 Å². The summed E-state index contributed by atoms with van der Waals surface area (Å²) in [5.41, 5.74) is 6.76. The van der Waals surface area contributed by atoms with Crippen molar-refractivity contribution in [2.24, 2.45) is 5.10 Å². The number of nitrogens with zero attached hydrogens (tertiary/aromatic N) is 2. The number of aryl methyl sites for hydroxylation is 1. The fraction of sp³-hybridized carbons (Fsp3) is 0.208. The number of hydrogen-bond acceptors (Lipinski definition) is 6. The van der Waals surface area contributed by atoms with Gasteiger partial charge in [0.05, 0.1) is 24.1 Å². The first-order chi connectivity index (χ1) is 15.5. The van der Waals surface area contributed by atoms with Crippen LogP contribution in [-0.2, 0) is 4.74 Å². The number of carbonyl (C=O) groups excluding carboxylic acids is 2. The van der Waals surface area contributed by atoms with Gasteiger partial charge < -0.3 is 18.8 Å². The molecule has 164 valence electrons. The van der Waals surface area contributed by atoms with Gasteiger partial charge in [0.2, 0.25) is 6.79 Å². The summed E-state index contributed by atoms with van der Waals surface area (Å²) in [6.45, 7) is 6.10. The molecule has 1 amide bonds. The van der Waals surface area contributed by atoms with E-state index in [1.807, 2.05) is 36.6 Å². The number of ether oxygens (including phenoxy) is 3. The molecule has 1 aliphatic heterocycles. The van der Waals surface area contributed by atoms with Crippen molar-refractivity contribution in [3.63, 3.8) is 0 Å². The molecule has 1 aromatic heterocycles. The number of aromatic nitrogens is 1. The number of esters is 1. The Balaban J connectivity index is 1.55. The number of amides is 1. The summed E-state index contributed by atoms with van der Waals surface area (Å²) in [5.74, 6) is 0.411. The zero-order valence-corrected chi connectivity index (χ0v) is 18.0. The molecule has 0 aliphatic carbocycles. The second-order valence-corrected chi connectivity index (χ2v) is 7.17. The van der Waals surface area contributed by atoms with Gasteiger partial charge >= 0.3 is 5.97 Å². The van der Waals surface area contributed by atoms with Gasteiger partial charge in [-0.1, -0.05) is 12.1 Å². The van der Waals surface area contributed by atoms with Gasteiger partial charge in [-0.2, -0.15) is 5.10 Å². The smallest absolute Gasteiger partial charge is 0.340 e. The molecule has 4 rings (SSSR count). The molecular weight excluding hydrogens is 410 g/mol. The van der Waals surface area contributed by atoms with Crippen LogP contribution in [0.15, 0.2) is 53.6 Å². The highest BCUT2D eigenvalue weighted by atomic mass is 16.7. The van der Waals surface area contributed by atoms with Crippen molar-refractivity contribution < 1.29 is 23.8 Å². The topological polar surface area (TPSA) is 91.2 Å². The number of para-hydroxylation sites is 1. The minimum Gasteiger partial charge on any atom is -0.462 e. The highest BCUT2D eigenvalue weighted by molar-refractivity contribution is 5.96. The third kappa shape index (κ3) is 4.07. The molecular formula is C24H23N3O5. The van der Waals surface area contributed by atoms with Gasteiger partial charge in [-0.3, -0.25) is 4.79 Å². The average molecular weight is 433 g/mol. The molecule has 3 aromatic rings. The Morgan fingerprint density at radius 2 is 1.91 bits per heavy atom. The van der Waals surface area contributed by atoms with Crippen molar-refractivity contribution in [2.45, 2.75) is 20.8 Å². The molecule has 0 saturated heterocycles. The molecule has 0 atom stereocenters. The van der Waals surface area contributed by atoms with Crippen LogP contribution in [0.2, 0.25) is 0 Å². The van der Waals surface area contributed by atoms with Gasteiger partial charge in [0, 0.05) is 22.5 Å². The van der Waals surface area contributed by atoms with Crippen molar-refractivity contribution in [1.82, 2.24) is 9.99 Å². The van der Waals surface area contributed by atoms with Gasteiger partial charge in [0.25, 0.3) is 5.91 Å². The van der Waals surface area contributed by atoms with E-state index in [0.717, 1.165) is 22.6 Å². The Labute approximate surface area is 185 Å². The second-order valence-electron chi connectivity index (χ2n) is 7.17. The fourth-order valence-electron chi connectivity index (χ4n) is 3.60. The molecule has 2 heterocycles. The van der Waals surface area contributed by atoms with Crippen LogP contribution in [0.25, 0.3) is 5.69 Å². The van der Waals surface area contributed by atoms with E-state index in [2.05, 4.69) is 10.5 Å². The minimum atomic E-state index is -0.373. The zero-order valence-electron chi connectivity index (χ0n) is 18.0. The number of benzene rings is 2. The maximum Gasteiger partial charge on any atom is 0.340 e. The molecule has 1 N–H and O–H groups in total. The lowest BCUT2D eigenvalue weighted by Crippen LogP contribution is -2.17. The van der Waals surface area contributed by atoms with Crippen LogP contribution in [-0.4, -0.2) is 36.1 Å². The molecule has 1 aliphatic rings. The molecule has 0 bridgehead atoms. The quantitative estimate of drug-likeness (QED) is 0.363. The van der Waals surface area contributed by atoms with E-state index in [4.69, 9.17) is 14.2 Å². The summed E-state index contributed by atoms with van der Waals surface area (Å²) >= 11 is 0. The Hall–Kier alpha value is -4.07. The first-order valence-corrected chi connectivity index (χ1v) is 10.2. The van der Waals surface area contributed by atoms with Crippen molar-refractivity contribution in [2.75, 3.05) is 13.4 Å². The first kappa shape index (κ1) is 21.2. The molecule has 32 heavy (non-hydrogen) atoms. The van der Waals surface area contributed by atoms with Crippen LogP contribution in [0.3, 0.4) is 0 Å². The maximum absolute atomic E-state index is 12.4. The molecule has 0 fully saturated rings. The normalized spacial score (nSPS) is 12.2. The van der Waals surface area contributed by atoms with Gasteiger partial charge in [0.1, 0.15) is 0 Å². The molecule has 0 radical (unpaired) electrons. The Kier molecular flexibility index (Phi) is 5.93. The molecule has 0 spiro atoms. The minimum absolute atomic E-state index is 0.146. The maximum atomic E-state index is 12.4. The lowest BCUT2D eigenvalue weighted by Gasteiger charge is -2.14. The van der Waals surface area contributed by atoms with E-state index in [-0.39, 0.29) is 18.7 Å². The Morgan fingerprint density at radius 1 is 1.12 bits per heavy atom. The second kappa shape index (κ2) is 8.97. The van der Waals surface area contributed by atoms with Gasteiger partial charge in [-0.25, -0.2) is 10.2 Å². The third-order valence-corrected chi connectivity index (χ3v) is 5.12. The number of rotatable bonds is 6. The third-order valence-electron chi connectivity index (χ3n) is 5.12. The average Bonchev–Trinajstić information content (AvgIpc) is 3.37. The van der Waals surface area contributed by atoms with Crippen LogP contribution < -0.4 is 14.9 Å². The van der Waals surface area contributed by atoms with Crippen molar-refractivity contribution >= 4 is 18.1 Å². The van der Waals surface area contributed by atoms with Gasteiger partial charge in [-0.05, 0) is 57.2 Å². The summed E-state index contributed by atoms with van der Waals surface area (Å²) in [7, 11) is 0. The number of nitrogens with one attached hydrogen (secondary N) is 1. The summed E-state index contributed by atoms with van der Waals surface area (Å²) in [4.78, 5) is 24.8. The Bertz CT molecular complexity index is 1210. The van der Waals surface area contributed by atoms with E-state index < -0.39 is 0 Å². The predicted octanol–water partition coefficient (Wildman–Crippen LogP) is 3.76. The fourth-order valence-corrected chi connectivity index (χ4v) is 3.60. The SMILES string of the molecule is CCOC(=O)c1ccccc1-n1c(C)cc(/C=N\NC(=O)c2ccc3c(c2)OCO3)c1C. The van der Waals surface area contributed by atoms with E-state index in [0.29, 0.717) is 29.2 Å². The highest BCUT2D eigenvalue weighted by Crippen LogP contribution is 2.32. The van der Waals surface area contributed by atoms with E-state index >= 15 is 0 Å². The number of hydrazone groups is 1. The van der Waals surface area contributed by atoms with Crippen LogP contribution in [0.4, 0.5) is 0 Å². The Morgan fingerprint density at radius 3 is 2.72 bits per heavy atom. The van der Waals surface area contributed by atoms with Gasteiger partial charge in [0.15, 0.2) is 11.5 Å². The molecule has 0 saturated carbocycles. The van der Waals surface area contributed by atoms with E-state index in [1.165, 1.54) is 0 Å². The van der Waals surface area contributed by atoms with Crippen molar-refractivity contribution in [3.8, 4) is 17.2 Å². The summed E-state index contributed by atoms with van der Waals surface area (Å²) < 4.78 is 17.7. The number of carbonyl (C=O) groups is 2. The monoisotopic (exact) mass is 433 g/mol. The molecule has 8 nitrogen and oxygen atoms in total. The van der Waals surface area contributed by atoms with E-state index in [1.54, 1.807) is 43.5 Å². The van der Waals surface area contributed by atoms with Crippen LogP contribution in [0.5, 0.6) is 11.5 Å². The molecule has 0 unspecified atom stereocenters. The van der Waals surface area contributed by atoms with Gasteiger partial charge in [-0.15, -0.1) is 0 Å². The van der Waals surface area contributed by atoms with Crippen molar-refractivity contribution in [1.29, 1.82) is 0 Å². The lowest BCUT2D eigenvalue weighted by atomic mass is 10.1. The van der Waals surface area contributed by atoms with Crippen molar-refractivity contribution in [3.05, 3.63) is 76.6 Å². The standard InChI is InChI=1S/C24H23N3O5/c1-4-30-24(29)19-7-5-6-8-20(19)27-15(2)11-18(16(27)3)13-25-26-23(28)17-9-10-21-22(12-17)32-14-31-21/h5-13H,4,14H2,1-3H3,(H,26,28)/b25-13-. The summed E-state index contributed by atoms with van der Waals surface area (Å²) in [6, 6.07) is 14.2. The summed E-state index contributed by atoms with van der Waals surface area (Å²) in [5, 5.41) is 4.11. The predicted molar refractivity (Wildman–Crippen MR) is 119 cm³/mol. The number of hydrogen-bond donors (Lipinski definition) is 1. The number of fused-ring (bicyclic) bond motifs is 1. The van der Waals surface area contributed by atoms with Crippen LogP contribution in [0, 0.1) is 13.8 Å². The molecule has 2 aromatic carbocycles. The van der Waals surface area contributed by atoms with Crippen LogP contribution in [0.1, 0.15) is 44.6 Å². The lowest BCUT2D eigenvalue weighted by molar-refractivity contribution is 0.0526. The largest absolute Gasteiger partial charge is 0.462 e. The highest BCUT2D eigenvalue weighted by Gasteiger charge is 2.18. The first-order valence-electron chi connectivity index (χ1n) is 10.2. The summed E-state index contributed by atoms with van der Waals surface area (Å²) in [6.07, 6.45) is 1.58. The molecule has 8 heteroatoms. The van der Waals surface area contributed by atoms with Crippen LogP contribution >= 0.6 is 0 Å².